The SMILES string of the molecule is COc1ccc(S(=O)(=O)Nc2cccc(F)c2)cc1C(=O)N1CCCCCC1. The molecular weight excluding hydrogens is 383 g/mol. The first-order valence-electron chi connectivity index (χ1n) is 9.16. The summed E-state index contributed by atoms with van der Waals surface area (Å²) in [5, 5.41) is 0. The van der Waals surface area contributed by atoms with Crippen LogP contribution in [0.15, 0.2) is 47.4 Å². The fraction of sp³-hybridized carbons (Fsp3) is 0.350. The molecule has 8 heteroatoms. The van der Waals surface area contributed by atoms with E-state index in [9.17, 15) is 17.6 Å². The van der Waals surface area contributed by atoms with Gasteiger partial charge in [-0.05, 0) is 49.2 Å². The molecule has 150 valence electrons. The minimum absolute atomic E-state index is 0.0873. The molecule has 1 saturated heterocycles. The number of sulfonamides is 1. The van der Waals surface area contributed by atoms with E-state index in [0.29, 0.717) is 18.8 Å². The molecular formula is C20H23FN2O4S. The maximum atomic E-state index is 13.4. The number of nitrogens with zero attached hydrogens (tertiary/aromatic N) is 1. The van der Waals surface area contributed by atoms with Gasteiger partial charge in [0.2, 0.25) is 0 Å². The van der Waals surface area contributed by atoms with Gasteiger partial charge >= 0.3 is 0 Å². The molecule has 6 nitrogen and oxygen atoms in total. The second-order valence-electron chi connectivity index (χ2n) is 6.68. The molecule has 1 fully saturated rings. The van der Waals surface area contributed by atoms with E-state index < -0.39 is 15.8 Å². The van der Waals surface area contributed by atoms with E-state index in [1.54, 1.807) is 4.90 Å². The lowest BCUT2D eigenvalue weighted by Crippen LogP contribution is -2.32. The lowest BCUT2D eigenvalue weighted by molar-refractivity contribution is 0.0758. The minimum atomic E-state index is -3.99. The lowest BCUT2D eigenvalue weighted by Gasteiger charge is -2.22. The van der Waals surface area contributed by atoms with Gasteiger partial charge in [0.1, 0.15) is 11.6 Å². The average molecular weight is 406 g/mol. The Kier molecular flexibility index (Phi) is 6.18. The highest BCUT2D eigenvalue weighted by atomic mass is 32.2. The number of carbonyl (C=O) groups excluding carboxylic acids is 1. The number of anilines is 1. The first-order chi connectivity index (χ1) is 13.4. The van der Waals surface area contributed by atoms with Crippen LogP contribution in [0.1, 0.15) is 36.0 Å². The van der Waals surface area contributed by atoms with Gasteiger partial charge in [0.15, 0.2) is 0 Å². The van der Waals surface area contributed by atoms with Crippen molar-refractivity contribution in [3.63, 3.8) is 0 Å². The maximum absolute atomic E-state index is 13.4. The van der Waals surface area contributed by atoms with E-state index in [4.69, 9.17) is 4.74 Å². The van der Waals surface area contributed by atoms with Crippen molar-refractivity contribution in [1.82, 2.24) is 4.90 Å². The first-order valence-corrected chi connectivity index (χ1v) is 10.6. The summed E-state index contributed by atoms with van der Waals surface area (Å²) in [7, 11) is -2.55. The summed E-state index contributed by atoms with van der Waals surface area (Å²) in [4.78, 5) is 14.6. The van der Waals surface area contributed by atoms with Gasteiger partial charge in [-0.2, -0.15) is 0 Å². The Morgan fingerprint density at radius 1 is 1.07 bits per heavy atom. The molecule has 0 aliphatic carbocycles. The van der Waals surface area contributed by atoms with Crippen molar-refractivity contribution in [2.75, 3.05) is 24.9 Å². The second kappa shape index (κ2) is 8.60. The third-order valence-electron chi connectivity index (χ3n) is 4.68. The Morgan fingerprint density at radius 2 is 1.79 bits per heavy atom. The van der Waals surface area contributed by atoms with E-state index in [1.807, 2.05) is 0 Å². The molecule has 0 radical (unpaired) electrons. The van der Waals surface area contributed by atoms with Crippen LogP contribution in [0.5, 0.6) is 5.75 Å². The highest BCUT2D eigenvalue weighted by molar-refractivity contribution is 7.92. The number of halogens is 1. The van der Waals surface area contributed by atoms with Crippen molar-refractivity contribution < 1.29 is 22.3 Å². The largest absolute Gasteiger partial charge is 0.496 e. The third-order valence-corrected chi connectivity index (χ3v) is 6.06. The number of amides is 1. The van der Waals surface area contributed by atoms with Gasteiger partial charge in [-0.15, -0.1) is 0 Å². The molecule has 0 bridgehead atoms. The van der Waals surface area contributed by atoms with Crippen molar-refractivity contribution in [2.24, 2.45) is 0 Å². The molecule has 1 amide bonds. The number of ether oxygens (including phenoxy) is 1. The molecule has 0 unspecified atom stereocenters. The predicted octanol–water partition coefficient (Wildman–Crippen LogP) is 3.65. The highest BCUT2D eigenvalue weighted by Crippen LogP contribution is 2.26. The van der Waals surface area contributed by atoms with Crippen LogP contribution in [0.2, 0.25) is 0 Å². The molecule has 1 aliphatic rings. The Bertz CT molecular complexity index is 954. The van der Waals surface area contributed by atoms with Gasteiger partial charge < -0.3 is 9.64 Å². The number of benzene rings is 2. The Labute approximate surface area is 164 Å². The van der Waals surface area contributed by atoms with Gasteiger partial charge in [-0.25, -0.2) is 12.8 Å². The predicted molar refractivity (Wildman–Crippen MR) is 105 cm³/mol. The lowest BCUT2D eigenvalue weighted by atomic mass is 10.1. The zero-order valence-electron chi connectivity index (χ0n) is 15.7. The fourth-order valence-corrected chi connectivity index (χ4v) is 4.31. The molecule has 0 aromatic heterocycles. The van der Waals surface area contributed by atoms with E-state index in [-0.39, 0.29) is 22.1 Å². The molecule has 3 rings (SSSR count). The number of hydrogen-bond donors (Lipinski definition) is 1. The highest BCUT2D eigenvalue weighted by Gasteiger charge is 2.24. The van der Waals surface area contributed by atoms with E-state index in [0.717, 1.165) is 31.7 Å². The summed E-state index contributed by atoms with van der Waals surface area (Å²) in [6.45, 7) is 1.28. The average Bonchev–Trinajstić information content (AvgIpc) is 2.96. The molecule has 0 saturated carbocycles. The summed E-state index contributed by atoms with van der Waals surface area (Å²) in [5.41, 5.74) is 0.308. The van der Waals surface area contributed by atoms with Gasteiger partial charge in [0, 0.05) is 13.1 Å². The fourth-order valence-electron chi connectivity index (χ4n) is 3.23. The molecule has 0 spiro atoms. The maximum Gasteiger partial charge on any atom is 0.261 e. The van der Waals surface area contributed by atoms with Gasteiger partial charge in [0.25, 0.3) is 15.9 Å². The summed E-state index contributed by atoms with van der Waals surface area (Å²) in [6.07, 6.45) is 4.00. The molecule has 1 aliphatic heterocycles. The van der Waals surface area contributed by atoms with Crippen molar-refractivity contribution in [1.29, 1.82) is 0 Å². The van der Waals surface area contributed by atoms with Crippen molar-refractivity contribution in [3.8, 4) is 5.75 Å². The topological polar surface area (TPSA) is 75.7 Å². The molecule has 2 aromatic carbocycles. The Morgan fingerprint density at radius 3 is 2.43 bits per heavy atom. The molecule has 1 N–H and O–H groups in total. The molecule has 28 heavy (non-hydrogen) atoms. The number of methoxy groups -OCH3 is 1. The van der Waals surface area contributed by atoms with E-state index in [1.165, 1.54) is 43.5 Å². The summed E-state index contributed by atoms with van der Waals surface area (Å²) < 4.78 is 46.4. The van der Waals surface area contributed by atoms with Crippen LogP contribution in [-0.4, -0.2) is 39.4 Å². The van der Waals surface area contributed by atoms with Crippen LogP contribution in [-0.2, 0) is 10.0 Å². The Balaban J connectivity index is 1.92. The number of rotatable bonds is 5. The number of hydrogen-bond acceptors (Lipinski definition) is 4. The van der Waals surface area contributed by atoms with Crippen LogP contribution in [0.3, 0.4) is 0 Å². The number of likely N-dealkylation sites (tertiary alicyclic amines) is 1. The molecule has 1 heterocycles. The normalized spacial score (nSPS) is 15.0. The Hall–Kier alpha value is -2.61. The van der Waals surface area contributed by atoms with Crippen LogP contribution in [0.25, 0.3) is 0 Å². The van der Waals surface area contributed by atoms with Crippen LogP contribution >= 0.6 is 0 Å². The van der Waals surface area contributed by atoms with Gasteiger partial charge in [-0.3, -0.25) is 9.52 Å². The number of nitrogens with one attached hydrogen (secondary N) is 1. The van der Waals surface area contributed by atoms with Crippen LogP contribution in [0.4, 0.5) is 10.1 Å². The zero-order chi connectivity index (χ0) is 20.1. The van der Waals surface area contributed by atoms with Crippen LogP contribution < -0.4 is 9.46 Å². The quantitative estimate of drug-likeness (QED) is 0.822. The third kappa shape index (κ3) is 4.62. The first kappa shape index (κ1) is 20.1. The minimum Gasteiger partial charge on any atom is -0.496 e. The standard InChI is InChI=1S/C20H23FN2O4S/c1-27-19-10-9-17(28(25,26)22-16-8-6-7-15(21)13-16)14-18(19)20(24)23-11-4-2-3-5-12-23/h6-10,13-14,22H,2-5,11-12H2,1H3. The zero-order valence-corrected chi connectivity index (χ0v) is 16.5. The van der Waals surface area contributed by atoms with E-state index >= 15 is 0 Å². The molecule has 2 aromatic rings. The summed E-state index contributed by atoms with van der Waals surface area (Å²) in [6, 6.07) is 9.31. The van der Waals surface area contributed by atoms with Crippen molar-refractivity contribution >= 4 is 21.6 Å². The van der Waals surface area contributed by atoms with Crippen molar-refractivity contribution in [2.45, 2.75) is 30.6 Å². The smallest absolute Gasteiger partial charge is 0.261 e. The summed E-state index contributed by atoms with van der Waals surface area (Å²) >= 11 is 0. The second-order valence-corrected chi connectivity index (χ2v) is 8.37. The van der Waals surface area contributed by atoms with Gasteiger partial charge in [0.05, 0.1) is 23.3 Å². The van der Waals surface area contributed by atoms with Crippen LogP contribution in [0, 0.1) is 5.82 Å². The monoisotopic (exact) mass is 406 g/mol. The van der Waals surface area contributed by atoms with E-state index in [2.05, 4.69) is 4.72 Å². The number of carbonyl (C=O) groups is 1. The van der Waals surface area contributed by atoms with Gasteiger partial charge in [-0.1, -0.05) is 18.9 Å². The molecule has 0 atom stereocenters. The van der Waals surface area contributed by atoms with Crippen molar-refractivity contribution in [3.05, 3.63) is 53.8 Å². The summed E-state index contributed by atoms with van der Waals surface area (Å²) in [5.74, 6) is -0.479.